The minimum Gasteiger partial charge on any atom is -0.497 e. The van der Waals surface area contributed by atoms with Gasteiger partial charge in [0.2, 0.25) is 0 Å². The Balaban J connectivity index is 2.17. The molecule has 0 aliphatic carbocycles. The largest absolute Gasteiger partial charge is 0.497 e. The van der Waals surface area contributed by atoms with Gasteiger partial charge in [0.1, 0.15) is 11.6 Å². The first kappa shape index (κ1) is 15.3. The van der Waals surface area contributed by atoms with Gasteiger partial charge < -0.3 is 15.4 Å². The van der Waals surface area contributed by atoms with E-state index in [1.54, 1.807) is 31.3 Å². The van der Waals surface area contributed by atoms with Gasteiger partial charge in [-0.2, -0.15) is 0 Å². The molecule has 2 rings (SSSR count). The summed E-state index contributed by atoms with van der Waals surface area (Å²) in [5.74, 6) is 0.807. The Morgan fingerprint density at radius 1 is 1.43 bits per heavy atom. The quantitative estimate of drug-likeness (QED) is 0.921. The summed E-state index contributed by atoms with van der Waals surface area (Å²) in [4.78, 5) is 18.0. The van der Waals surface area contributed by atoms with E-state index in [4.69, 9.17) is 10.5 Å². The number of nitrogens with zero attached hydrogens (tertiary/aromatic N) is 2. The number of amides is 1. The topological polar surface area (TPSA) is 68.5 Å². The second kappa shape index (κ2) is 6.58. The molecule has 0 spiro atoms. The van der Waals surface area contributed by atoms with Crippen LogP contribution in [-0.2, 0) is 6.54 Å². The van der Waals surface area contributed by atoms with E-state index >= 15 is 0 Å². The molecule has 0 atom stereocenters. The second-order valence-corrected chi connectivity index (χ2v) is 5.51. The Kier molecular flexibility index (Phi) is 4.80. The zero-order valence-corrected chi connectivity index (χ0v) is 13.4. The van der Waals surface area contributed by atoms with Crippen LogP contribution in [0.5, 0.6) is 5.75 Å². The van der Waals surface area contributed by atoms with Crippen molar-refractivity contribution in [3.8, 4) is 5.75 Å². The van der Waals surface area contributed by atoms with Crippen molar-refractivity contribution in [1.82, 2.24) is 9.88 Å². The Morgan fingerprint density at radius 2 is 2.19 bits per heavy atom. The van der Waals surface area contributed by atoms with E-state index in [0.717, 1.165) is 15.8 Å². The highest BCUT2D eigenvalue weighted by Gasteiger charge is 2.16. The average Bonchev–Trinajstić information content (AvgIpc) is 2.49. The monoisotopic (exact) mass is 349 g/mol. The summed E-state index contributed by atoms with van der Waals surface area (Å²) >= 11 is 3.29. The van der Waals surface area contributed by atoms with Crippen molar-refractivity contribution in [3.05, 3.63) is 52.1 Å². The average molecular weight is 350 g/mol. The number of nitrogens with two attached hydrogens (primary N) is 1. The van der Waals surface area contributed by atoms with Gasteiger partial charge in [-0.25, -0.2) is 4.98 Å². The van der Waals surface area contributed by atoms with E-state index in [9.17, 15) is 4.79 Å². The van der Waals surface area contributed by atoms with Crippen molar-refractivity contribution in [3.63, 3.8) is 0 Å². The van der Waals surface area contributed by atoms with Crippen molar-refractivity contribution < 1.29 is 9.53 Å². The Morgan fingerprint density at radius 3 is 2.90 bits per heavy atom. The molecule has 0 saturated carbocycles. The van der Waals surface area contributed by atoms with Crippen molar-refractivity contribution in [1.29, 1.82) is 0 Å². The highest BCUT2D eigenvalue weighted by molar-refractivity contribution is 9.10. The molecule has 2 aromatic rings. The SMILES string of the molecule is COc1cccc(CN(C)C(=O)c2cc(Br)cnc2N)c1. The predicted octanol–water partition coefficient (Wildman–Crippen LogP) is 2.71. The lowest BCUT2D eigenvalue weighted by Crippen LogP contribution is -2.27. The molecule has 2 N–H and O–H groups in total. The molecule has 0 unspecified atom stereocenters. The zero-order chi connectivity index (χ0) is 15.4. The van der Waals surface area contributed by atoms with E-state index in [1.807, 2.05) is 24.3 Å². The highest BCUT2D eigenvalue weighted by atomic mass is 79.9. The smallest absolute Gasteiger partial charge is 0.257 e. The number of methoxy groups -OCH3 is 1. The van der Waals surface area contributed by atoms with Gasteiger partial charge in [0.05, 0.1) is 12.7 Å². The maximum absolute atomic E-state index is 12.4. The maximum Gasteiger partial charge on any atom is 0.257 e. The highest BCUT2D eigenvalue weighted by Crippen LogP contribution is 2.19. The van der Waals surface area contributed by atoms with Gasteiger partial charge in [-0.3, -0.25) is 4.79 Å². The summed E-state index contributed by atoms with van der Waals surface area (Å²) in [6.07, 6.45) is 1.56. The molecule has 0 bridgehead atoms. The van der Waals surface area contributed by atoms with Crippen LogP contribution in [0.1, 0.15) is 15.9 Å². The number of hydrogen-bond donors (Lipinski definition) is 1. The van der Waals surface area contributed by atoms with Crippen LogP contribution in [0.25, 0.3) is 0 Å². The van der Waals surface area contributed by atoms with Gasteiger partial charge in [-0.05, 0) is 39.7 Å². The van der Waals surface area contributed by atoms with Gasteiger partial charge in [-0.1, -0.05) is 12.1 Å². The standard InChI is InChI=1S/C15H16BrN3O2/c1-19(9-10-4-3-5-12(6-10)21-2)15(20)13-7-11(16)8-18-14(13)17/h3-8H,9H2,1-2H3,(H2,17,18). The van der Waals surface area contributed by atoms with Gasteiger partial charge >= 0.3 is 0 Å². The summed E-state index contributed by atoms with van der Waals surface area (Å²) in [6.45, 7) is 0.460. The van der Waals surface area contributed by atoms with Crippen LogP contribution in [0.2, 0.25) is 0 Å². The van der Waals surface area contributed by atoms with Crippen molar-refractivity contribution >= 4 is 27.7 Å². The fourth-order valence-corrected chi connectivity index (χ4v) is 2.27. The minimum absolute atomic E-state index is 0.177. The molecule has 21 heavy (non-hydrogen) atoms. The van der Waals surface area contributed by atoms with Crippen molar-refractivity contribution in [2.45, 2.75) is 6.54 Å². The number of ether oxygens (including phenoxy) is 1. The van der Waals surface area contributed by atoms with Gasteiger partial charge in [0, 0.05) is 24.3 Å². The molecule has 1 amide bonds. The molecule has 5 nitrogen and oxygen atoms in total. The second-order valence-electron chi connectivity index (χ2n) is 4.60. The summed E-state index contributed by atoms with van der Waals surface area (Å²) < 4.78 is 5.89. The van der Waals surface area contributed by atoms with Gasteiger partial charge in [0.15, 0.2) is 0 Å². The number of carbonyl (C=O) groups is 1. The molecule has 110 valence electrons. The third kappa shape index (κ3) is 3.72. The number of rotatable bonds is 4. The van der Waals surface area contributed by atoms with Crippen LogP contribution in [0.15, 0.2) is 41.0 Å². The van der Waals surface area contributed by atoms with Crippen LogP contribution < -0.4 is 10.5 Å². The van der Waals surface area contributed by atoms with Crippen LogP contribution in [0.4, 0.5) is 5.82 Å². The lowest BCUT2D eigenvalue weighted by molar-refractivity contribution is 0.0785. The number of carbonyl (C=O) groups excluding carboxylic acids is 1. The minimum atomic E-state index is -0.177. The van der Waals surface area contributed by atoms with E-state index in [-0.39, 0.29) is 11.7 Å². The first-order valence-electron chi connectivity index (χ1n) is 6.30. The number of benzene rings is 1. The van der Waals surface area contributed by atoms with Crippen molar-refractivity contribution in [2.75, 3.05) is 19.9 Å². The molecular weight excluding hydrogens is 334 g/mol. The molecule has 1 heterocycles. The number of aromatic nitrogens is 1. The van der Waals surface area contributed by atoms with E-state index in [1.165, 1.54) is 0 Å². The van der Waals surface area contributed by atoms with Gasteiger partial charge in [-0.15, -0.1) is 0 Å². The Hall–Kier alpha value is -2.08. The number of pyridine rings is 1. The molecule has 0 fully saturated rings. The molecule has 1 aromatic carbocycles. The lowest BCUT2D eigenvalue weighted by atomic mass is 10.2. The molecule has 1 aromatic heterocycles. The molecule has 6 heteroatoms. The molecule has 0 radical (unpaired) electrons. The number of nitrogen functional groups attached to an aromatic ring is 1. The summed E-state index contributed by atoms with van der Waals surface area (Å²) in [5, 5.41) is 0. The molecule has 0 aliphatic rings. The number of hydrogen-bond acceptors (Lipinski definition) is 4. The van der Waals surface area contributed by atoms with E-state index in [0.29, 0.717) is 12.1 Å². The third-order valence-corrected chi connectivity index (χ3v) is 3.45. The summed E-state index contributed by atoms with van der Waals surface area (Å²) in [6, 6.07) is 9.26. The van der Waals surface area contributed by atoms with Crippen LogP contribution in [-0.4, -0.2) is 29.9 Å². The van der Waals surface area contributed by atoms with Crippen molar-refractivity contribution in [2.24, 2.45) is 0 Å². The van der Waals surface area contributed by atoms with Crippen LogP contribution >= 0.6 is 15.9 Å². The van der Waals surface area contributed by atoms with Gasteiger partial charge in [0.25, 0.3) is 5.91 Å². The van der Waals surface area contributed by atoms with Crippen LogP contribution in [0, 0.1) is 0 Å². The maximum atomic E-state index is 12.4. The Bertz CT molecular complexity index is 661. The fourth-order valence-electron chi connectivity index (χ4n) is 1.94. The molecular formula is C15H16BrN3O2. The lowest BCUT2D eigenvalue weighted by Gasteiger charge is -2.18. The first-order chi connectivity index (χ1) is 10.0. The molecule has 0 saturated heterocycles. The zero-order valence-electron chi connectivity index (χ0n) is 11.8. The number of halogens is 1. The van der Waals surface area contributed by atoms with E-state index in [2.05, 4.69) is 20.9 Å². The Labute approximate surface area is 131 Å². The van der Waals surface area contributed by atoms with Crippen LogP contribution in [0.3, 0.4) is 0 Å². The number of anilines is 1. The normalized spacial score (nSPS) is 10.2. The molecule has 0 aliphatic heterocycles. The summed E-state index contributed by atoms with van der Waals surface area (Å²) in [5.41, 5.74) is 7.13. The first-order valence-corrected chi connectivity index (χ1v) is 7.10. The third-order valence-electron chi connectivity index (χ3n) is 3.02. The fraction of sp³-hybridized carbons (Fsp3) is 0.200. The van der Waals surface area contributed by atoms with E-state index < -0.39 is 0 Å². The summed E-state index contributed by atoms with van der Waals surface area (Å²) in [7, 11) is 3.34. The predicted molar refractivity (Wildman–Crippen MR) is 85.1 cm³/mol.